The van der Waals surface area contributed by atoms with Crippen LogP contribution in [-0.4, -0.2) is 17.5 Å². The average Bonchev–Trinajstić information content (AvgIpc) is 3.12. The summed E-state index contributed by atoms with van der Waals surface area (Å²) in [6.07, 6.45) is 2.69. The van der Waals surface area contributed by atoms with Crippen LogP contribution in [0.15, 0.2) is 18.2 Å². The third-order valence-corrected chi connectivity index (χ3v) is 3.68. The Hall–Kier alpha value is -0.930. The van der Waals surface area contributed by atoms with Crippen LogP contribution < -0.4 is 5.73 Å². The highest BCUT2D eigenvalue weighted by molar-refractivity contribution is 5.27. The smallest absolute Gasteiger partial charge is 0.123 e. The Morgan fingerprint density at radius 1 is 1.33 bits per heavy atom. The molecule has 0 amide bonds. The maximum atomic E-state index is 13.4. The summed E-state index contributed by atoms with van der Waals surface area (Å²) in [6, 6.07) is 5.41. The zero-order valence-corrected chi connectivity index (χ0v) is 11.3. The molecule has 0 bridgehead atoms. The minimum atomic E-state index is -0.169. The van der Waals surface area contributed by atoms with Crippen molar-refractivity contribution >= 4 is 0 Å². The van der Waals surface area contributed by atoms with Gasteiger partial charge in [0.15, 0.2) is 0 Å². The monoisotopic (exact) mass is 250 g/mol. The number of benzene rings is 1. The lowest BCUT2D eigenvalue weighted by molar-refractivity contribution is 0.203. The number of halogens is 1. The largest absolute Gasteiger partial charge is 0.326 e. The van der Waals surface area contributed by atoms with E-state index in [0.29, 0.717) is 12.6 Å². The first-order valence-corrected chi connectivity index (χ1v) is 6.81. The minimum Gasteiger partial charge on any atom is -0.326 e. The van der Waals surface area contributed by atoms with Crippen molar-refractivity contribution in [1.82, 2.24) is 4.90 Å². The van der Waals surface area contributed by atoms with Crippen LogP contribution in [0.1, 0.15) is 37.8 Å². The van der Waals surface area contributed by atoms with E-state index < -0.39 is 0 Å². The summed E-state index contributed by atoms with van der Waals surface area (Å²) in [5, 5.41) is 0. The number of rotatable bonds is 6. The normalized spacial score (nSPS) is 15.7. The van der Waals surface area contributed by atoms with Gasteiger partial charge in [-0.2, -0.15) is 0 Å². The van der Waals surface area contributed by atoms with Crippen molar-refractivity contribution in [3.05, 3.63) is 35.1 Å². The van der Waals surface area contributed by atoms with E-state index in [0.717, 1.165) is 30.1 Å². The van der Waals surface area contributed by atoms with Crippen molar-refractivity contribution in [2.45, 2.75) is 45.8 Å². The van der Waals surface area contributed by atoms with Gasteiger partial charge in [-0.25, -0.2) is 4.39 Å². The molecule has 2 rings (SSSR count). The lowest BCUT2D eigenvalue weighted by atomic mass is 10.1. The highest BCUT2D eigenvalue weighted by Crippen LogP contribution is 2.31. The Bertz CT molecular complexity index is 399. The summed E-state index contributed by atoms with van der Waals surface area (Å²) >= 11 is 0. The van der Waals surface area contributed by atoms with Crippen molar-refractivity contribution < 1.29 is 4.39 Å². The summed E-state index contributed by atoms with van der Waals surface area (Å²) in [5.74, 6) is 0.680. The fourth-order valence-corrected chi connectivity index (χ4v) is 2.25. The second-order valence-electron chi connectivity index (χ2n) is 5.58. The van der Waals surface area contributed by atoms with E-state index in [1.165, 1.54) is 18.9 Å². The van der Waals surface area contributed by atoms with Gasteiger partial charge in [-0.1, -0.05) is 6.07 Å². The molecule has 3 heteroatoms. The van der Waals surface area contributed by atoms with Crippen LogP contribution >= 0.6 is 0 Å². The van der Waals surface area contributed by atoms with E-state index in [1.54, 1.807) is 12.1 Å². The van der Waals surface area contributed by atoms with E-state index in [4.69, 9.17) is 5.73 Å². The molecular formula is C15H23FN2. The SMILES string of the molecule is CC(C)N(Cc1cc(F)ccc1CN)CC1CC1. The molecule has 0 heterocycles. The molecule has 2 N–H and O–H groups in total. The summed E-state index contributed by atoms with van der Waals surface area (Å²) in [5.41, 5.74) is 7.81. The molecule has 1 aliphatic rings. The maximum Gasteiger partial charge on any atom is 0.123 e. The minimum absolute atomic E-state index is 0.169. The van der Waals surface area contributed by atoms with Crippen LogP contribution in [0.4, 0.5) is 4.39 Å². The molecule has 1 aliphatic carbocycles. The van der Waals surface area contributed by atoms with Crippen molar-refractivity contribution in [1.29, 1.82) is 0 Å². The second kappa shape index (κ2) is 5.81. The van der Waals surface area contributed by atoms with Gasteiger partial charge in [0.2, 0.25) is 0 Å². The van der Waals surface area contributed by atoms with Gasteiger partial charge in [0.05, 0.1) is 0 Å². The fraction of sp³-hybridized carbons (Fsp3) is 0.600. The van der Waals surface area contributed by atoms with Crippen molar-refractivity contribution in [2.75, 3.05) is 6.54 Å². The van der Waals surface area contributed by atoms with E-state index in [2.05, 4.69) is 18.7 Å². The number of hydrogen-bond acceptors (Lipinski definition) is 2. The van der Waals surface area contributed by atoms with Crippen LogP contribution in [0, 0.1) is 11.7 Å². The molecule has 1 fully saturated rings. The van der Waals surface area contributed by atoms with Crippen LogP contribution in [0.5, 0.6) is 0 Å². The molecule has 0 radical (unpaired) electrons. The quantitative estimate of drug-likeness (QED) is 0.841. The molecule has 1 saturated carbocycles. The number of nitrogens with two attached hydrogens (primary N) is 1. The summed E-state index contributed by atoms with van der Waals surface area (Å²) in [6.45, 7) is 6.80. The molecule has 0 aromatic heterocycles. The van der Waals surface area contributed by atoms with Crippen LogP contribution in [0.3, 0.4) is 0 Å². The molecule has 1 aromatic carbocycles. The van der Waals surface area contributed by atoms with Gasteiger partial charge in [-0.15, -0.1) is 0 Å². The topological polar surface area (TPSA) is 29.3 Å². The third kappa shape index (κ3) is 3.53. The Labute approximate surface area is 109 Å². The molecule has 0 spiro atoms. The van der Waals surface area contributed by atoms with E-state index >= 15 is 0 Å². The average molecular weight is 250 g/mol. The highest BCUT2D eigenvalue weighted by Gasteiger charge is 2.25. The molecule has 1 aromatic rings. The van der Waals surface area contributed by atoms with Gasteiger partial charge < -0.3 is 5.73 Å². The predicted molar refractivity (Wildman–Crippen MR) is 72.6 cm³/mol. The van der Waals surface area contributed by atoms with E-state index in [-0.39, 0.29) is 5.82 Å². The summed E-state index contributed by atoms with van der Waals surface area (Å²) in [7, 11) is 0. The number of hydrogen-bond donors (Lipinski definition) is 1. The van der Waals surface area contributed by atoms with Crippen LogP contribution in [0.2, 0.25) is 0 Å². The molecule has 2 nitrogen and oxygen atoms in total. The molecule has 0 unspecified atom stereocenters. The summed E-state index contributed by atoms with van der Waals surface area (Å²) < 4.78 is 13.4. The van der Waals surface area contributed by atoms with Crippen molar-refractivity contribution in [3.63, 3.8) is 0 Å². The van der Waals surface area contributed by atoms with Gasteiger partial charge in [0.25, 0.3) is 0 Å². The van der Waals surface area contributed by atoms with Crippen LogP contribution in [0.25, 0.3) is 0 Å². The molecular weight excluding hydrogens is 227 g/mol. The first-order valence-electron chi connectivity index (χ1n) is 6.81. The number of nitrogens with zero attached hydrogens (tertiary/aromatic N) is 1. The van der Waals surface area contributed by atoms with Gasteiger partial charge in [0.1, 0.15) is 5.82 Å². The highest BCUT2D eigenvalue weighted by atomic mass is 19.1. The first kappa shape index (κ1) is 13.5. The Balaban J connectivity index is 2.11. The van der Waals surface area contributed by atoms with Gasteiger partial charge >= 0.3 is 0 Å². The van der Waals surface area contributed by atoms with Crippen LogP contribution in [-0.2, 0) is 13.1 Å². The molecule has 100 valence electrons. The van der Waals surface area contributed by atoms with Gasteiger partial charge in [-0.3, -0.25) is 4.90 Å². The van der Waals surface area contributed by atoms with E-state index in [1.807, 2.05) is 0 Å². The predicted octanol–water partition coefficient (Wildman–Crippen LogP) is 2.90. The molecule has 0 atom stereocenters. The maximum absolute atomic E-state index is 13.4. The Morgan fingerprint density at radius 3 is 2.61 bits per heavy atom. The molecule has 0 aliphatic heterocycles. The van der Waals surface area contributed by atoms with Crippen molar-refractivity contribution in [2.24, 2.45) is 11.7 Å². The standard InChI is InChI=1S/C15H23FN2/c1-11(2)18(9-12-3-4-12)10-14-7-15(16)6-5-13(14)8-17/h5-7,11-12H,3-4,8-10,17H2,1-2H3. The van der Waals surface area contributed by atoms with Gasteiger partial charge in [-0.05, 0) is 55.9 Å². The molecule has 0 saturated heterocycles. The summed E-state index contributed by atoms with van der Waals surface area (Å²) in [4.78, 5) is 2.42. The Kier molecular flexibility index (Phi) is 4.36. The molecule has 18 heavy (non-hydrogen) atoms. The zero-order chi connectivity index (χ0) is 13.1. The van der Waals surface area contributed by atoms with Crippen molar-refractivity contribution in [3.8, 4) is 0 Å². The third-order valence-electron chi connectivity index (χ3n) is 3.68. The lowest BCUT2D eigenvalue weighted by Gasteiger charge is -2.27. The van der Waals surface area contributed by atoms with Gasteiger partial charge in [0, 0.05) is 25.7 Å². The van der Waals surface area contributed by atoms with E-state index in [9.17, 15) is 4.39 Å². The fourth-order valence-electron chi connectivity index (χ4n) is 2.25. The zero-order valence-electron chi connectivity index (χ0n) is 11.3. The second-order valence-corrected chi connectivity index (χ2v) is 5.58. The Morgan fingerprint density at radius 2 is 2.06 bits per heavy atom. The first-order chi connectivity index (χ1) is 8.60. The lowest BCUT2D eigenvalue weighted by Crippen LogP contribution is -2.32.